The highest BCUT2D eigenvalue weighted by atomic mass is 16.5. The highest BCUT2D eigenvalue weighted by molar-refractivity contribution is 6.10. The molecule has 5 heteroatoms. The van der Waals surface area contributed by atoms with Gasteiger partial charge in [0.15, 0.2) is 17.3 Å². The Morgan fingerprint density at radius 3 is 2.17 bits per heavy atom. The number of rotatable bonds is 6. The molecule has 0 saturated heterocycles. The maximum absolute atomic E-state index is 13.2. The summed E-state index contributed by atoms with van der Waals surface area (Å²) in [7, 11) is 4.60. The molecule has 5 nitrogen and oxygen atoms in total. The van der Waals surface area contributed by atoms with E-state index in [2.05, 4.69) is 11.1 Å². The molecular weight excluding hydrogens is 366 g/mol. The van der Waals surface area contributed by atoms with Crippen LogP contribution in [0.1, 0.15) is 15.9 Å². The summed E-state index contributed by atoms with van der Waals surface area (Å²) in [6.07, 6.45) is 1.92. The van der Waals surface area contributed by atoms with Gasteiger partial charge in [-0.1, -0.05) is 24.3 Å². The minimum Gasteiger partial charge on any atom is -0.493 e. The number of fused-ring (bicyclic) bond motifs is 1. The lowest BCUT2D eigenvalue weighted by Gasteiger charge is -2.14. The van der Waals surface area contributed by atoms with E-state index in [-0.39, 0.29) is 5.78 Å². The molecule has 29 heavy (non-hydrogen) atoms. The average Bonchev–Trinajstić information content (AvgIpc) is 3.25. The Kier molecular flexibility index (Phi) is 4.96. The Morgan fingerprint density at radius 1 is 0.759 bits per heavy atom. The van der Waals surface area contributed by atoms with Crippen molar-refractivity contribution in [2.75, 3.05) is 21.3 Å². The monoisotopic (exact) mass is 387 g/mol. The molecule has 0 radical (unpaired) electrons. The van der Waals surface area contributed by atoms with Gasteiger partial charge in [0.25, 0.3) is 0 Å². The Balaban J connectivity index is 1.74. The summed E-state index contributed by atoms with van der Waals surface area (Å²) >= 11 is 0. The van der Waals surface area contributed by atoms with Gasteiger partial charge in [-0.25, -0.2) is 0 Å². The number of aromatic nitrogens is 1. The van der Waals surface area contributed by atoms with Crippen LogP contribution in [0.3, 0.4) is 0 Å². The van der Waals surface area contributed by atoms with Gasteiger partial charge < -0.3 is 19.2 Å². The predicted octanol–water partition coefficient (Wildman–Crippen LogP) is 5.09. The Hall–Kier alpha value is -3.73. The molecule has 0 unspecified atom stereocenters. The molecule has 146 valence electrons. The number of hydrogen-bond acceptors (Lipinski definition) is 4. The standard InChI is InChI=1S/C24H21NO4/c1-27-21-13-19(14-22(28-2)24(21)29-3)23(26)18-6-4-5-15(12-18)16-7-8-20-17(11-16)9-10-25-20/h4-14,25H,1-3H3. The van der Waals surface area contributed by atoms with Gasteiger partial charge >= 0.3 is 0 Å². The van der Waals surface area contributed by atoms with Crippen molar-refractivity contribution in [1.82, 2.24) is 4.98 Å². The summed E-state index contributed by atoms with van der Waals surface area (Å²) < 4.78 is 16.1. The molecule has 4 aromatic rings. The van der Waals surface area contributed by atoms with E-state index in [0.29, 0.717) is 28.4 Å². The van der Waals surface area contributed by atoms with Crippen LogP contribution in [0.2, 0.25) is 0 Å². The second-order valence-electron chi connectivity index (χ2n) is 6.60. The zero-order valence-electron chi connectivity index (χ0n) is 16.5. The van der Waals surface area contributed by atoms with E-state index in [1.165, 1.54) is 21.3 Å². The third kappa shape index (κ3) is 3.43. The first-order chi connectivity index (χ1) is 14.1. The molecular formula is C24H21NO4. The van der Waals surface area contributed by atoms with Gasteiger partial charge in [0.2, 0.25) is 5.75 Å². The fraction of sp³-hybridized carbons (Fsp3) is 0.125. The van der Waals surface area contributed by atoms with Crippen molar-refractivity contribution in [3.8, 4) is 28.4 Å². The zero-order valence-corrected chi connectivity index (χ0v) is 16.5. The number of aromatic amines is 1. The topological polar surface area (TPSA) is 60.6 Å². The van der Waals surface area contributed by atoms with Crippen molar-refractivity contribution in [2.45, 2.75) is 0 Å². The molecule has 1 heterocycles. The summed E-state index contributed by atoms with van der Waals surface area (Å²) in [4.78, 5) is 16.4. The largest absolute Gasteiger partial charge is 0.493 e. The number of ketones is 1. The van der Waals surface area contributed by atoms with Gasteiger partial charge in [-0.3, -0.25) is 4.79 Å². The zero-order chi connectivity index (χ0) is 20.4. The van der Waals surface area contributed by atoms with Gasteiger partial charge in [0, 0.05) is 22.8 Å². The molecule has 0 aliphatic rings. The number of carbonyl (C=O) groups is 1. The molecule has 0 spiro atoms. The molecule has 0 bridgehead atoms. The van der Waals surface area contributed by atoms with Crippen molar-refractivity contribution >= 4 is 16.7 Å². The summed E-state index contributed by atoms with van der Waals surface area (Å²) in [6.45, 7) is 0. The molecule has 4 rings (SSSR count). The molecule has 0 aliphatic heterocycles. The van der Waals surface area contributed by atoms with Crippen molar-refractivity contribution in [3.63, 3.8) is 0 Å². The Morgan fingerprint density at radius 2 is 1.48 bits per heavy atom. The first-order valence-corrected chi connectivity index (χ1v) is 9.17. The molecule has 3 aromatic carbocycles. The third-order valence-electron chi connectivity index (χ3n) is 4.94. The summed E-state index contributed by atoms with van der Waals surface area (Å²) in [6, 6.07) is 19.2. The highest BCUT2D eigenvalue weighted by Crippen LogP contribution is 2.38. The number of nitrogens with one attached hydrogen (secondary N) is 1. The van der Waals surface area contributed by atoms with Crippen LogP contribution in [0.4, 0.5) is 0 Å². The van der Waals surface area contributed by atoms with Crippen LogP contribution >= 0.6 is 0 Å². The van der Waals surface area contributed by atoms with E-state index >= 15 is 0 Å². The van der Waals surface area contributed by atoms with E-state index < -0.39 is 0 Å². The molecule has 0 fully saturated rings. The van der Waals surface area contributed by atoms with Gasteiger partial charge in [0.1, 0.15) is 0 Å². The van der Waals surface area contributed by atoms with E-state index in [9.17, 15) is 4.79 Å². The summed E-state index contributed by atoms with van der Waals surface area (Å²) in [5.74, 6) is 1.24. The SMILES string of the molecule is COc1cc(C(=O)c2cccc(-c3ccc4[nH]ccc4c3)c2)cc(OC)c1OC. The first kappa shape index (κ1) is 18.6. The van der Waals surface area contributed by atoms with Crippen LogP contribution in [0.15, 0.2) is 66.9 Å². The van der Waals surface area contributed by atoms with Crippen molar-refractivity contribution < 1.29 is 19.0 Å². The second-order valence-corrected chi connectivity index (χ2v) is 6.60. The van der Waals surface area contributed by atoms with Gasteiger partial charge in [-0.05, 0) is 52.9 Å². The van der Waals surface area contributed by atoms with Crippen LogP contribution in [0, 0.1) is 0 Å². The van der Waals surface area contributed by atoms with Crippen molar-refractivity contribution in [2.24, 2.45) is 0 Å². The summed E-state index contributed by atoms with van der Waals surface area (Å²) in [5, 5.41) is 1.13. The fourth-order valence-corrected chi connectivity index (χ4v) is 3.45. The normalized spacial score (nSPS) is 10.7. The first-order valence-electron chi connectivity index (χ1n) is 9.17. The number of H-pyrrole nitrogens is 1. The quantitative estimate of drug-likeness (QED) is 0.468. The number of hydrogen-bond donors (Lipinski definition) is 1. The predicted molar refractivity (Wildman–Crippen MR) is 113 cm³/mol. The smallest absolute Gasteiger partial charge is 0.203 e. The molecule has 0 amide bonds. The third-order valence-corrected chi connectivity index (χ3v) is 4.94. The Bertz CT molecular complexity index is 1170. The minimum atomic E-state index is -0.117. The average molecular weight is 387 g/mol. The number of benzene rings is 3. The van der Waals surface area contributed by atoms with Gasteiger partial charge in [-0.15, -0.1) is 0 Å². The highest BCUT2D eigenvalue weighted by Gasteiger charge is 2.18. The van der Waals surface area contributed by atoms with Crippen LogP contribution in [0.25, 0.3) is 22.0 Å². The fourth-order valence-electron chi connectivity index (χ4n) is 3.45. The lowest BCUT2D eigenvalue weighted by atomic mass is 9.97. The van der Waals surface area contributed by atoms with E-state index in [1.54, 1.807) is 12.1 Å². The van der Waals surface area contributed by atoms with Crippen molar-refractivity contribution in [3.05, 3.63) is 78.0 Å². The van der Waals surface area contributed by atoms with Gasteiger partial charge in [-0.2, -0.15) is 0 Å². The number of ether oxygens (including phenoxy) is 3. The number of carbonyl (C=O) groups excluding carboxylic acids is 1. The minimum absolute atomic E-state index is 0.117. The molecule has 0 atom stereocenters. The van der Waals surface area contributed by atoms with E-state index in [4.69, 9.17) is 14.2 Å². The van der Waals surface area contributed by atoms with Crippen molar-refractivity contribution in [1.29, 1.82) is 0 Å². The van der Waals surface area contributed by atoms with E-state index in [1.807, 2.05) is 48.7 Å². The van der Waals surface area contributed by atoms with Gasteiger partial charge in [0.05, 0.1) is 21.3 Å². The lowest BCUT2D eigenvalue weighted by Crippen LogP contribution is -2.04. The lowest BCUT2D eigenvalue weighted by molar-refractivity contribution is 0.103. The Labute approximate surface area is 168 Å². The van der Waals surface area contributed by atoms with Crippen LogP contribution < -0.4 is 14.2 Å². The maximum Gasteiger partial charge on any atom is 0.203 e. The maximum atomic E-state index is 13.2. The van der Waals surface area contributed by atoms with E-state index in [0.717, 1.165) is 22.0 Å². The molecule has 0 saturated carbocycles. The molecule has 1 aromatic heterocycles. The molecule has 1 N–H and O–H groups in total. The molecule has 0 aliphatic carbocycles. The summed E-state index contributed by atoms with van der Waals surface area (Å²) in [5.41, 5.74) is 4.17. The van der Waals surface area contributed by atoms with Crippen LogP contribution in [0.5, 0.6) is 17.2 Å². The van der Waals surface area contributed by atoms with Crippen LogP contribution in [-0.2, 0) is 0 Å². The number of methoxy groups -OCH3 is 3. The second kappa shape index (κ2) is 7.72. The van der Waals surface area contributed by atoms with Crippen LogP contribution in [-0.4, -0.2) is 32.1 Å².